The zero-order chi connectivity index (χ0) is 12.8. The summed E-state index contributed by atoms with van der Waals surface area (Å²) in [6.07, 6.45) is -0.842. The van der Waals surface area contributed by atoms with E-state index in [0.29, 0.717) is 5.56 Å². The van der Waals surface area contributed by atoms with E-state index < -0.39 is 11.0 Å². The molecule has 1 aromatic carbocycles. The molecule has 0 aliphatic carbocycles. The molecule has 92 valence electrons. The van der Waals surface area contributed by atoms with Crippen molar-refractivity contribution in [2.75, 3.05) is 18.5 Å². The first-order valence-electron chi connectivity index (χ1n) is 4.84. The first-order chi connectivity index (χ1) is 8.04. The molecule has 0 unspecified atom stereocenters. The van der Waals surface area contributed by atoms with E-state index >= 15 is 0 Å². The number of aliphatic hydroxyl groups excluding tert-OH is 1. The minimum Gasteiger partial charge on any atom is -0.447 e. The van der Waals surface area contributed by atoms with Crippen molar-refractivity contribution in [2.45, 2.75) is 6.92 Å². The molecule has 0 bridgehead atoms. The van der Waals surface area contributed by atoms with Crippen LogP contribution in [0.3, 0.4) is 0 Å². The van der Waals surface area contributed by atoms with Crippen molar-refractivity contribution in [1.82, 2.24) is 0 Å². The molecular weight excluding hydrogens is 228 g/mol. The maximum absolute atomic E-state index is 11.2. The molecule has 2 N–H and O–H groups in total. The summed E-state index contributed by atoms with van der Waals surface area (Å²) in [5, 5.41) is 21.4. The predicted octanol–water partition coefficient (Wildman–Crippen LogP) is 1.44. The lowest BCUT2D eigenvalue weighted by atomic mass is 10.2. The number of nitro benzene ring substituents is 1. The van der Waals surface area contributed by atoms with Crippen LogP contribution in [0.15, 0.2) is 18.2 Å². The summed E-state index contributed by atoms with van der Waals surface area (Å²) in [6.45, 7) is 1.25. The first kappa shape index (κ1) is 12.9. The molecule has 1 rings (SSSR count). The van der Waals surface area contributed by atoms with Crippen LogP contribution >= 0.6 is 0 Å². The molecule has 0 aliphatic rings. The molecule has 1 amide bonds. The standard InChI is InChI=1S/C10H12N2O5/c1-7-2-3-8(9(6-7)12(15)16)11-10(14)17-5-4-13/h2-3,6,13H,4-5H2,1H3,(H,11,14). The molecule has 7 heteroatoms. The first-order valence-corrected chi connectivity index (χ1v) is 4.84. The molecule has 0 aromatic heterocycles. The third-order valence-electron chi connectivity index (χ3n) is 1.91. The van der Waals surface area contributed by atoms with Crippen molar-refractivity contribution >= 4 is 17.5 Å². The van der Waals surface area contributed by atoms with Crippen LogP contribution in [0.1, 0.15) is 5.56 Å². The zero-order valence-electron chi connectivity index (χ0n) is 9.17. The van der Waals surface area contributed by atoms with Gasteiger partial charge in [0.15, 0.2) is 0 Å². The highest BCUT2D eigenvalue weighted by atomic mass is 16.6. The van der Waals surface area contributed by atoms with Gasteiger partial charge in [0.25, 0.3) is 5.69 Å². The van der Waals surface area contributed by atoms with Crippen LogP contribution in [0.25, 0.3) is 0 Å². The van der Waals surface area contributed by atoms with E-state index in [9.17, 15) is 14.9 Å². The Morgan fingerprint density at radius 1 is 1.59 bits per heavy atom. The highest BCUT2D eigenvalue weighted by Crippen LogP contribution is 2.25. The number of nitrogens with zero attached hydrogens (tertiary/aromatic N) is 1. The second-order valence-electron chi connectivity index (χ2n) is 3.26. The third-order valence-corrected chi connectivity index (χ3v) is 1.91. The summed E-state index contributed by atoms with van der Waals surface area (Å²) in [6, 6.07) is 4.41. The minimum atomic E-state index is -0.842. The van der Waals surface area contributed by atoms with Gasteiger partial charge in [0.05, 0.1) is 11.5 Å². The monoisotopic (exact) mass is 240 g/mol. The van der Waals surface area contributed by atoms with Crippen molar-refractivity contribution in [3.05, 3.63) is 33.9 Å². The van der Waals surface area contributed by atoms with Crippen molar-refractivity contribution < 1.29 is 19.6 Å². The Kier molecular flexibility index (Phi) is 4.41. The molecule has 1 aromatic rings. The number of rotatable bonds is 4. The second kappa shape index (κ2) is 5.80. The number of amides is 1. The van der Waals surface area contributed by atoms with Gasteiger partial charge in [-0.05, 0) is 18.6 Å². The molecule has 0 saturated carbocycles. The number of nitrogens with one attached hydrogen (secondary N) is 1. The van der Waals surface area contributed by atoms with E-state index in [1.54, 1.807) is 13.0 Å². The maximum Gasteiger partial charge on any atom is 0.411 e. The summed E-state index contributed by atoms with van der Waals surface area (Å²) >= 11 is 0. The van der Waals surface area contributed by atoms with Gasteiger partial charge in [-0.15, -0.1) is 0 Å². The molecule has 0 heterocycles. The number of ether oxygens (including phenoxy) is 1. The fourth-order valence-electron chi connectivity index (χ4n) is 1.18. The van der Waals surface area contributed by atoms with Crippen LogP contribution in [0.5, 0.6) is 0 Å². The molecule has 0 aliphatic heterocycles. The molecule has 0 radical (unpaired) electrons. The van der Waals surface area contributed by atoms with Gasteiger partial charge in [-0.3, -0.25) is 15.4 Å². The molecule has 0 spiro atoms. The molecule has 7 nitrogen and oxygen atoms in total. The lowest BCUT2D eigenvalue weighted by Gasteiger charge is -2.06. The average molecular weight is 240 g/mol. The summed E-state index contributed by atoms with van der Waals surface area (Å²) in [7, 11) is 0. The largest absolute Gasteiger partial charge is 0.447 e. The Bertz CT molecular complexity index is 433. The zero-order valence-corrected chi connectivity index (χ0v) is 9.17. The Labute approximate surface area is 97.2 Å². The Morgan fingerprint density at radius 2 is 2.29 bits per heavy atom. The number of anilines is 1. The topological polar surface area (TPSA) is 102 Å². The smallest absolute Gasteiger partial charge is 0.411 e. The number of hydrogen-bond acceptors (Lipinski definition) is 5. The van der Waals surface area contributed by atoms with Crippen molar-refractivity contribution in [1.29, 1.82) is 0 Å². The van der Waals surface area contributed by atoms with E-state index in [4.69, 9.17) is 5.11 Å². The lowest BCUT2D eigenvalue weighted by Crippen LogP contribution is -2.16. The number of carbonyl (C=O) groups is 1. The van der Waals surface area contributed by atoms with Crippen LogP contribution in [0, 0.1) is 17.0 Å². The predicted molar refractivity (Wildman–Crippen MR) is 59.9 cm³/mol. The van der Waals surface area contributed by atoms with Gasteiger partial charge in [-0.2, -0.15) is 0 Å². The Morgan fingerprint density at radius 3 is 2.88 bits per heavy atom. The van der Waals surface area contributed by atoms with Crippen LogP contribution in [-0.2, 0) is 4.74 Å². The quantitative estimate of drug-likeness (QED) is 0.612. The number of aliphatic hydroxyl groups is 1. The van der Waals surface area contributed by atoms with E-state index in [0.717, 1.165) is 0 Å². The van der Waals surface area contributed by atoms with Crippen molar-refractivity contribution in [2.24, 2.45) is 0 Å². The van der Waals surface area contributed by atoms with Crippen LogP contribution in [0.2, 0.25) is 0 Å². The number of carbonyl (C=O) groups excluding carboxylic acids is 1. The van der Waals surface area contributed by atoms with E-state index in [2.05, 4.69) is 10.1 Å². The number of benzene rings is 1. The van der Waals surface area contributed by atoms with Gasteiger partial charge < -0.3 is 9.84 Å². The van der Waals surface area contributed by atoms with Gasteiger partial charge in [-0.25, -0.2) is 4.79 Å². The third kappa shape index (κ3) is 3.72. The molecular formula is C10H12N2O5. The van der Waals surface area contributed by atoms with Crippen molar-refractivity contribution in [3.63, 3.8) is 0 Å². The van der Waals surface area contributed by atoms with Crippen molar-refractivity contribution in [3.8, 4) is 0 Å². The average Bonchev–Trinajstić information content (AvgIpc) is 2.28. The van der Waals surface area contributed by atoms with Gasteiger partial charge >= 0.3 is 6.09 Å². The number of nitro groups is 1. The number of hydrogen-bond donors (Lipinski definition) is 2. The summed E-state index contributed by atoms with van der Waals surface area (Å²) in [4.78, 5) is 21.3. The van der Waals surface area contributed by atoms with Crippen LogP contribution in [-0.4, -0.2) is 29.3 Å². The number of aryl methyl sites for hydroxylation is 1. The fourth-order valence-corrected chi connectivity index (χ4v) is 1.18. The van der Waals surface area contributed by atoms with E-state index in [1.807, 2.05) is 0 Å². The summed E-state index contributed by atoms with van der Waals surface area (Å²) in [5.41, 5.74) is 0.570. The maximum atomic E-state index is 11.2. The Hall–Kier alpha value is -2.15. The minimum absolute atomic E-state index is 0.0588. The van der Waals surface area contributed by atoms with Gasteiger partial charge in [0.1, 0.15) is 12.3 Å². The van der Waals surface area contributed by atoms with Gasteiger partial charge in [0.2, 0.25) is 0 Å². The van der Waals surface area contributed by atoms with Gasteiger partial charge in [0, 0.05) is 6.07 Å². The summed E-state index contributed by atoms with van der Waals surface area (Å²) in [5.74, 6) is 0. The SMILES string of the molecule is Cc1ccc(NC(=O)OCCO)c([N+](=O)[O-])c1. The van der Waals surface area contributed by atoms with Crippen LogP contribution in [0.4, 0.5) is 16.2 Å². The van der Waals surface area contributed by atoms with E-state index in [1.165, 1.54) is 12.1 Å². The Balaban J connectivity index is 2.83. The second-order valence-corrected chi connectivity index (χ2v) is 3.26. The highest BCUT2D eigenvalue weighted by molar-refractivity contribution is 5.87. The van der Waals surface area contributed by atoms with Gasteiger partial charge in [-0.1, -0.05) is 6.07 Å². The molecule has 0 saturated heterocycles. The lowest BCUT2D eigenvalue weighted by molar-refractivity contribution is -0.384. The fraction of sp³-hybridized carbons (Fsp3) is 0.300. The molecule has 0 atom stereocenters. The highest BCUT2D eigenvalue weighted by Gasteiger charge is 2.16. The van der Waals surface area contributed by atoms with Crippen LogP contribution < -0.4 is 5.32 Å². The normalized spacial score (nSPS) is 9.76. The molecule has 17 heavy (non-hydrogen) atoms. The van der Waals surface area contributed by atoms with E-state index in [-0.39, 0.29) is 24.6 Å². The summed E-state index contributed by atoms with van der Waals surface area (Å²) < 4.78 is 4.54. The molecule has 0 fully saturated rings.